The van der Waals surface area contributed by atoms with E-state index in [1.165, 1.54) is 0 Å². The first kappa shape index (κ1) is 13.7. The lowest BCUT2D eigenvalue weighted by Gasteiger charge is -2.30. The van der Waals surface area contributed by atoms with Gasteiger partial charge in [-0.2, -0.15) is 0 Å². The molecule has 0 radical (unpaired) electrons. The highest BCUT2D eigenvalue weighted by molar-refractivity contribution is 5.77. The molecule has 0 aromatic rings. The molecule has 0 saturated carbocycles. The van der Waals surface area contributed by atoms with E-state index in [-0.39, 0.29) is 17.0 Å². The zero-order valence-corrected chi connectivity index (χ0v) is 9.83. The number of nitrogens with one attached hydrogen (secondary N) is 1. The molecule has 98 valence electrons. The lowest BCUT2D eigenvalue weighted by molar-refractivity contribution is -0.649. The molecule has 1 rings (SSSR count). The second-order valence-electron chi connectivity index (χ2n) is 3.68. The zero-order valence-electron chi connectivity index (χ0n) is 9.83. The fourth-order valence-electron chi connectivity index (χ4n) is 1.60. The Morgan fingerprint density at radius 3 is 2.82 bits per heavy atom. The average Bonchev–Trinajstić information content (AvgIpc) is 2.36. The summed E-state index contributed by atoms with van der Waals surface area (Å²) >= 11 is 0. The first-order valence-electron chi connectivity index (χ1n) is 5.62. The first-order chi connectivity index (χ1) is 8.17. The number of rotatable bonds is 5. The minimum absolute atomic E-state index is 0.124. The van der Waals surface area contributed by atoms with Crippen LogP contribution in [-0.4, -0.2) is 53.2 Å². The van der Waals surface area contributed by atoms with Crippen molar-refractivity contribution in [2.24, 2.45) is 5.11 Å². The number of hydrogen-bond donors (Lipinski definition) is 2. The van der Waals surface area contributed by atoms with Crippen molar-refractivity contribution in [3.05, 3.63) is 5.21 Å². The van der Waals surface area contributed by atoms with Crippen molar-refractivity contribution in [2.75, 3.05) is 26.2 Å². The van der Waals surface area contributed by atoms with E-state index >= 15 is 0 Å². The molecule has 8 nitrogen and oxygen atoms in total. The van der Waals surface area contributed by atoms with Crippen molar-refractivity contribution < 1.29 is 19.7 Å². The zero-order chi connectivity index (χ0) is 12.7. The topological polar surface area (TPSA) is 100 Å². The number of carbonyl (C=O) groups is 1. The molecular weight excluding hydrogens is 228 g/mol. The summed E-state index contributed by atoms with van der Waals surface area (Å²) in [5, 5.41) is 23.1. The summed E-state index contributed by atoms with van der Waals surface area (Å²) in [5.74, 6) is -0.275. The number of likely N-dealkylation sites (tertiary alicyclic amines) is 1. The van der Waals surface area contributed by atoms with Crippen molar-refractivity contribution in [2.45, 2.75) is 25.9 Å². The van der Waals surface area contributed by atoms with Gasteiger partial charge in [0, 0.05) is 18.2 Å². The molecule has 0 aromatic carbocycles. The molecule has 1 fully saturated rings. The molecular formula is C9H18N4O4. The van der Waals surface area contributed by atoms with Gasteiger partial charge in [-0.3, -0.25) is 4.79 Å². The molecule has 0 unspecified atom stereocenters. The number of carbonyl (C=O) groups excluding carboxylic acids is 1. The van der Waals surface area contributed by atoms with Crippen molar-refractivity contribution in [1.82, 2.24) is 10.5 Å². The Morgan fingerprint density at radius 1 is 1.65 bits per heavy atom. The summed E-state index contributed by atoms with van der Waals surface area (Å²) in [6.07, 6.45) is 1.12. The van der Waals surface area contributed by atoms with E-state index < -0.39 is 6.61 Å². The third kappa shape index (κ3) is 4.53. The largest absolute Gasteiger partial charge is 0.570 e. The minimum Gasteiger partial charge on any atom is -0.570 e. The Morgan fingerprint density at radius 2 is 2.29 bits per heavy atom. The monoisotopic (exact) mass is 246 g/mol. The second-order valence-corrected chi connectivity index (χ2v) is 3.68. The lowest BCUT2D eigenvalue weighted by Crippen LogP contribution is -2.43. The molecule has 1 aliphatic heterocycles. The number of aliphatic hydroxyl groups excluding tert-OH is 1. The molecule has 1 saturated heterocycles. The summed E-state index contributed by atoms with van der Waals surface area (Å²) < 4.78 is 0. The molecule has 8 heteroatoms. The number of nitrogens with zero attached hydrogens (tertiary/aromatic N) is 3. The van der Waals surface area contributed by atoms with Crippen LogP contribution in [0.4, 0.5) is 0 Å². The second kappa shape index (κ2) is 7.02. The number of piperidine rings is 1. The summed E-state index contributed by atoms with van der Waals surface area (Å²) in [6.45, 7) is 2.70. The Balaban J connectivity index is 2.23. The van der Waals surface area contributed by atoms with E-state index in [1.807, 2.05) is 0 Å². The Bertz CT molecular complexity index is 276. The van der Waals surface area contributed by atoms with Gasteiger partial charge >= 0.3 is 0 Å². The summed E-state index contributed by atoms with van der Waals surface area (Å²) in [7, 11) is 0. The number of amides is 1. The smallest absolute Gasteiger partial charge is 0.248 e. The number of hydrogen-bond acceptors (Lipinski definition) is 5. The van der Waals surface area contributed by atoms with Gasteiger partial charge in [0.15, 0.2) is 0 Å². The first-order valence-corrected chi connectivity index (χ1v) is 5.62. The normalized spacial score (nSPS) is 18.2. The van der Waals surface area contributed by atoms with Gasteiger partial charge in [0.25, 0.3) is 0 Å². The Kier molecular flexibility index (Phi) is 5.64. The van der Waals surface area contributed by atoms with Crippen LogP contribution in [0.25, 0.3) is 0 Å². The summed E-state index contributed by atoms with van der Waals surface area (Å²) in [6, 6.07) is 0. The van der Waals surface area contributed by atoms with E-state index in [4.69, 9.17) is 9.94 Å². The van der Waals surface area contributed by atoms with Crippen molar-refractivity contribution in [1.29, 1.82) is 0 Å². The van der Waals surface area contributed by atoms with Crippen LogP contribution < -0.4 is 5.59 Å². The van der Waals surface area contributed by atoms with Crippen molar-refractivity contribution >= 4 is 5.91 Å². The highest BCUT2D eigenvalue weighted by Crippen LogP contribution is 2.12. The van der Waals surface area contributed by atoms with Gasteiger partial charge < -0.3 is 15.2 Å². The molecule has 1 aliphatic rings. The predicted octanol–water partition coefficient (Wildman–Crippen LogP) is -0.612. The van der Waals surface area contributed by atoms with Gasteiger partial charge in [-0.05, 0) is 25.4 Å². The van der Waals surface area contributed by atoms with Gasteiger partial charge in [0.05, 0.1) is 11.1 Å². The van der Waals surface area contributed by atoms with E-state index in [2.05, 4.69) is 10.7 Å². The highest BCUT2D eigenvalue weighted by atomic mass is 16.8. The summed E-state index contributed by atoms with van der Waals surface area (Å²) in [5.41, 5.74) is 2.17. The van der Waals surface area contributed by atoms with Gasteiger partial charge in [-0.1, -0.05) is 0 Å². The number of hydrazine groups is 1. The van der Waals surface area contributed by atoms with Gasteiger partial charge in [0.2, 0.25) is 5.91 Å². The van der Waals surface area contributed by atoms with Gasteiger partial charge in [0.1, 0.15) is 13.2 Å². The third-order valence-corrected chi connectivity index (χ3v) is 2.50. The molecule has 0 aliphatic carbocycles. The Labute approximate surface area is 99.4 Å². The van der Waals surface area contributed by atoms with Crippen LogP contribution in [0.5, 0.6) is 0 Å². The standard InChI is InChI=1S/C9H18N4O4/c1-2-10-13(16)11-17-8-3-5-12(6-4-8)9(15)7-14/h8,14H,2-7H2,1H3,(H,10,11). The quantitative estimate of drug-likeness (QED) is 0.383. The molecule has 17 heavy (non-hydrogen) atoms. The van der Waals surface area contributed by atoms with Crippen LogP contribution >= 0.6 is 0 Å². The number of aliphatic hydroxyl groups is 1. The molecule has 0 aromatic heterocycles. The molecule has 0 bridgehead atoms. The van der Waals surface area contributed by atoms with Crippen LogP contribution in [-0.2, 0) is 9.63 Å². The molecule has 1 heterocycles. The highest BCUT2D eigenvalue weighted by Gasteiger charge is 2.23. The van der Waals surface area contributed by atoms with Gasteiger partial charge in [-0.15, -0.1) is 0 Å². The average molecular weight is 246 g/mol. The maximum Gasteiger partial charge on any atom is 0.248 e. The molecule has 1 amide bonds. The van der Waals surface area contributed by atoms with Crippen LogP contribution in [0.3, 0.4) is 0 Å². The third-order valence-electron chi connectivity index (χ3n) is 2.50. The van der Waals surface area contributed by atoms with Crippen LogP contribution in [0.2, 0.25) is 0 Å². The molecule has 0 atom stereocenters. The van der Waals surface area contributed by atoms with E-state index in [1.54, 1.807) is 11.8 Å². The van der Waals surface area contributed by atoms with Crippen LogP contribution in [0.15, 0.2) is 5.11 Å². The van der Waals surface area contributed by atoms with E-state index in [0.717, 1.165) is 0 Å². The van der Waals surface area contributed by atoms with Crippen LogP contribution in [0.1, 0.15) is 19.8 Å². The lowest BCUT2D eigenvalue weighted by atomic mass is 10.1. The Hall–Kier alpha value is -1.41. The van der Waals surface area contributed by atoms with Crippen molar-refractivity contribution in [3.63, 3.8) is 0 Å². The van der Waals surface area contributed by atoms with Crippen LogP contribution in [0, 0.1) is 5.21 Å². The SMILES string of the molecule is CCN=[N+]([O-])NOC1CCN(C(=O)CO)CC1. The van der Waals surface area contributed by atoms with E-state index in [9.17, 15) is 10.0 Å². The van der Waals surface area contributed by atoms with E-state index in [0.29, 0.717) is 32.5 Å². The van der Waals surface area contributed by atoms with Crippen molar-refractivity contribution in [3.8, 4) is 0 Å². The maximum atomic E-state index is 11.2. The minimum atomic E-state index is -0.465. The molecule has 0 spiro atoms. The predicted molar refractivity (Wildman–Crippen MR) is 57.5 cm³/mol. The fourth-order valence-corrected chi connectivity index (χ4v) is 1.60. The summed E-state index contributed by atoms with van der Waals surface area (Å²) in [4.78, 5) is 18.2. The fraction of sp³-hybridized carbons (Fsp3) is 0.889. The maximum absolute atomic E-state index is 11.2. The van der Waals surface area contributed by atoms with Gasteiger partial charge in [-0.25, -0.2) is 4.84 Å². The molecule has 2 N–H and O–H groups in total.